The molecule has 0 bridgehead atoms. The van der Waals surface area contributed by atoms with E-state index in [1.807, 2.05) is 13.0 Å². The summed E-state index contributed by atoms with van der Waals surface area (Å²) in [6, 6.07) is 4.99. The Morgan fingerprint density at radius 3 is 3.00 bits per heavy atom. The van der Waals surface area contributed by atoms with Crippen molar-refractivity contribution in [2.45, 2.75) is 17.9 Å². The van der Waals surface area contributed by atoms with Gasteiger partial charge in [-0.3, -0.25) is 0 Å². The van der Waals surface area contributed by atoms with Gasteiger partial charge in [-0.1, -0.05) is 23.9 Å². The molecule has 0 aliphatic heterocycles. The second-order valence-electron chi connectivity index (χ2n) is 3.26. The number of benzene rings is 1. The number of aryl methyl sites for hydroxylation is 1. The van der Waals surface area contributed by atoms with Crippen LogP contribution in [0.25, 0.3) is 0 Å². The lowest BCUT2D eigenvalue weighted by molar-refractivity contribution is 0.454. The number of hydrogen-bond donors (Lipinski definition) is 0. The van der Waals surface area contributed by atoms with E-state index in [-0.39, 0.29) is 5.82 Å². The molecule has 0 atom stereocenters. The molecule has 0 fully saturated rings. The number of halogens is 2. The molecule has 84 valence electrons. The lowest BCUT2D eigenvalue weighted by atomic mass is 10.2. The lowest BCUT2D eigenvalue weighted by Gasteiger charge is -2.02. The van der Waals surface area contributed by atoms with Gasteiger partial charge in [-0.25, -0.2) is 9.37 Å². The molecule has 2 rings (SSSR count). The highest BCUT2D eigenvalue weighted by atomic mass is 79.9. The highest BCUT2D eigenvalue weighted by Gasteiger charge is 2.07. The molecule has 1 heterocycles. The Labute approximate surface area is 105 Å². The summed E-state index contributed by atoms with van der Waals surface area (Å²) < 4.78 is 18.9. The predicted molar refractivity (Wildman–Crippen MR) is 64.9 cm³/mol. The smallest absolute Gasteiger partial charge is 0.256 e. The monoisotopic (exact) mass is 301 g/mol. The first-order valence-electron chi connectivity index (χ1n) is 4.64. The van der Waals surface area contributed by atoms with Gasteiger partial charge < -0.3 is 4.42 Å². The highest BCUT2D eigenvalue weighted by Crippen LogP contribution is 2.27. The number of rotatable bonds is 3. The van der Waals surface area contributed by atoms with Crippen molar-refractivity contribution in [3.63, 3.8) is 0 Å². The van der Waals surface area contributed by atoms with Crippen LogP contribution in [-0.2, 0) is 5.75 Å². The van der Waals surface area contributed by atoms with Crippen molar-refractivity contribution in [1.82, 2.24) is 4.98 Å². The van der Waals surface area contributed by atoms with Crippen LogP contribution >= 0.6 is 27.7 Å². The van der Waals surface area contributed by atoms with Crippen LogP contribution in [-0.4, -0.2) is 4.98 Å². The summed E-state index contributed by atoms with van der Waals surface area (Å²) in [5.41, 5.74) is 1.74. The summed E-state index contributed by atoms with van der Waals surface area (Å²) in [4.78, 5) is 4.17. The fourth-order valence-corrected chi connectivity index (χ4v) is 2.63. The minimum Gasteiger partial charge on any atom is -0.440 e. The van der Waals surface area contributed by atoms with Gasteiger partial charge in [-0.2, -0.15) is 0 Å². The second-order valence-corrected chi connectivity index (χ2v) is 4.98. The summed E-state index contributed by atoms with van der Waals surface area (Å²) in [6.07, 6.45) is 1.60. The average molecular weight is 302 g/mol. The van der Waals surface area contributed by atoms with Gasteiger partial charge in [0.05, 0.1) is 10.2 Å². The number of thioether (sulfide) groups is 1. The summed E-state index contributed by atoms with van der Waals surface area (Å²) in [5.74, 6) is 0.375. The zero-order valence-electron chi connectivity index (χ0n) is 8.54. The average Bonchev–Trinajstić information content (AvgIpc) is 2.67. The van der Waals surface area contributed by atoms with Crippen LogP contribution < -0.4 is 0 Å². The van der Waals surface area contributed by atoms with E-state index >= 15 is 0 Å². The van der Waals surface area contributed by atoms with Crippen LogP contribution in [0.3, 0.4) is 0 Å². The molecule has 16 heavy (non-hydrogen) atoms. The van der Waals surface area contributed by atoms with Crippen LogP contribution in [0.5, 0.6) is 0 Å². The van der Waals surface area contributed by atoms with Gasteiger partial charge in [0.25, 0.3) is 5.22 Å². The largest absolute Gasteiger partial charge is 0.440 e. The van der Waals surface area contributed by atoms with E-state index in [9.17, 15) is 4.39 Å². The molecule has 5 heteroatoms. The molecular formula is C11H9BrFNOS. The van der Waals surface area contributed by atoms with Crippen molar-refractivity contribution < 1.29 is 8.81 Å². The molecule has 0 spiro atoms. The molecule has 0 radical (unpaired) electrons. The van der Waals surface area contributed by atoms with Crippen molar-refractivity contribution in [2.24, 2.45) is 0 Å². The molecule has 0 aliphatic carbocycles. The van der Waals surface area contributed by atoms with E-state index in [0.717, 1.165) is 11.3 Å². The van der Waals surface area contributed by atoms with E-state index in [2.05, 4.69) is 20.9 Å². The molecule has 0 saturated carbocycles. The van der Waals surface area contributed by atoms with E-state index in [4.69, 9.17) is 4.42 Å². The fourth-order valence-electron chi connectivity index (χ4n) is 1.20. The Kier molecular flexibility index (Phi) is 3.66. The predicted octanol–water partition coefficient (Wildman–Crippen LogP) is 4.18. The molecule has 0 N–H and O–H groups in total. The standard InChI is InChI=1S/C11H9BrFNOS/c1-7-5-15-11(14-7)16-6-8-3-2-4-9(13)10(8)12/h2-5H,6H2,1H3. The molecular weight excluding hydrogens is 293 g/mol. The Bertz CT molecular complexity index is 500. The number of aromatic nitrogens is 1. The van der Waals surface area contributed by atoms with Gasteiger partial charge in [0, 0.05) is 5.75 Å². The first-order chi connectivity index (χ1) is 7.66. The van der Waals surface area contributed by atoms with Crippen LogP contribution in [0.15, 0.2) is 38.6 Å². The van der Waals surface area contributed by atoms with Gasteiger partial charge in [0.15, 0.2) is 0 Å². The van der Waals surface area contributed by atoms with Crippen molar-refractivity contribution in [3.05, 3.63) is 46.0 Å². The zero-order valence-corrected chi connectivity index (χ0v) is 10.9. The Hall–Kier alpha value is -0.810. The van der Waals surface area contributed by atoms with Crippen LogP contribution in [0.2, 0.25) is 0 Å². The molecule has 1 aromatic carbocycles. The Morgan fingerprint density at radius 2 is 2.31 bits per heavy atom. The quantitative estimate of drug-likeness (QED) is 0.796. The van der Waals surface area contributed by atoms with E-state index in [1.165, 1.54) is 17.8 Å². The van der Waals surface area contributed by atoms with E-state index < -0.39 is 0 Å². The molecule has 0 unspecified atom stereocenters. The maximum absolute atomic E-state index is 13.2. The first kappa shape index (κ1) is 11.7. The van der Waals surface area contributed by atoms with Crippen molar-refractivity contribution in [3.8, 4) is 0 Å². The molecule has 0 aliphatic rings. The lowest BCUT2D eigenvalue weighted by Crippen LogP contribution is -1.86. The van der Waals surface area contributed by atoms with Gasteiger partial charge in [0.1, 0.15) is 12.1 Å². The van der Waals surface area contributed by atoms with Crippen LogP contribution in [0, 0.1) is 12.7 Å². The normalized spacial score (nSPS) is 10.7. The van der Waals surface area contributed by atoms with E-state index in [1.54, 1.807) is 12.3 Å². The van der Waals surface area contributed by atoms with Gasteiger partial charge in [-0.15, -0.1) is 0 Å². The minimum absolute atomic E-state index is 0.248. The number of hydrogen-bond acceptors (Lipinski definition) is 3. The number of nitrogens with zero attached hydrogens (tertiary/aromatic N) is 1. The first-order valence-corrected chi connectivity index (χ1v) is 6.42. The topological polar surface area (TPSA) is 26.0 Å². The highest BCUT2D eigenvalue weighted by molar-refractivity contribution is 9.10. The Balaban J connectivity index is 2.07. The Morgan fingerprint density at radius 1 is 1.50 bits per heavy atom. The molecule has 0 saturated heterocycles. The van der Waals surface area contributed by atoms with Gasteiger partial charge >= 0.3 is 0 Å². The number of oxazole rings is 1. The third-order valence-electron chi connectivity index (χ3n) is 1.98. The molecule has 2 nitrogen and oxygen atoms in total. The SMILES string of the molecule is Cc1coc(SCc2cccc(F)c2Br)n1. The summed E-state index contributed by atoms with van der Waals surface area (Å²) >= 11 is 4.66. The van der Waals surface area contributed by atoms with Crippen LogP contribution in [0.1, 0.15) is 11.3 Å². The van der Waals surface area contributed by atoms with Crippen molar-refractivity contribution in [1.29, 1.82) is 0 Å². The zero-order chi connectivity index (χ0) is 11.5. The minimum atomic E-state index is -0.248. The van der Waals surface area contributed by atoms with Crippen molar-refractivity contribution >= 4 is 27.7 Å². The maximum Gasteiger partial charge on any atom is 0.256 e. The summed E-state index contributed by atoms with van der Waals surface area (Å²) in [6.45, 7) is 1.87. The summed E-state index contributed by atoms with van der Waals surface area (Å²) in [7, 11) is 0. The fraction of sp³-hybridized carbons (Fsp3) is 0.182. The van der Waals surface area contributed by atoms with E-state index in [0.29, 0.717) is 15.4 Å². The molecule has 1 aromatic heterocycles. The maximum atomic E-state index is 13.2. The summed E-state index contributed by atoms with van der Waals surface area (Å²) in [5, 5.41) is 0.605. The van der Waals surface area contributed by atoms with Crippen molar-refractivity contribution in [2.75, 3.05) is 0 Å². The van der Waals surface area contributed by atoms with Gasteiger partial charge in [0.2, 0.25) is 0 Å². The molecule has 0 amide bonds. The second kappa shape index (κ2) is 5.01. The van der Waals surface area contributed by atoms with Crippen LogP contribution in [0.4, 0.5) is 4.39 Å². The third kappa shape index (κ3) is 2.65. The molecule has 2 aromatic rings. The third-order valence-corrected chi connectivity index (χ3v) is 3.76. The van der Waals surface area contributed by atoms with Gasteiger partial charge in [-0.05, 0) is 34.5 Å².